The van der Waals surface area contributed by atoms with Crippen LogP contribution in [-0.4, -0.2) is 32.1 Å². The SMILES string of the molecule is CN(C)CC1(c2ccccc2)CCCN1. The van der Waals surface area contributed by atoms with Crippen LogP contribution in [0, 0.1) is 0 Å². The first-order valence-electron chi connectivity index (χ1n) is 5.68. The Morgan fingerprint density at radius 3 is 2.53 bits per heavy atom. The molecule has 1 aliphatic rings. The highest BCUT2D eigenvalue weighted by Crippen LogP contribution is 2.31. The van der Waals surface area contributed by atoms with Crippen molar-refractivity contribution in [3.8, 4) is 0 Å². The number of hydrogen-bond donors (Lipinski definition) is 1. The van der Waals surface area contributed by atoms with Gasteiger partial charge in [0.2, 0.25) is 0 Å². The lowest BCUT2D eigenvalue weighted by molar-refractivity contribution is 0.260. The van der Waals surface area contributed by atoms with Crippen LogP contribution in [0.4, 0.5) is 0 Å². The van der Waals surface area contributed by atoms with Crippen LogP contribution in [0.5, 0.6) is 0 Å². The predicted molar refractivity (Wildman–Crippen MR) is 63.9 cm³/mol. The van der Waals surface area contributed by atoms with Gasteiger partial charge in [-0.25, -0.2) is 0 Å². The quantitative estimate of drug-likeness (QED) is 0.808. The summed E-state index contributed by atoms with van der Waals surface area (Å²) in [5, 5.41) is 3.68. The Bertz CT molecular complexity index is 300. The molecule has 1 aliphatic heterocycles. The summed E-state index contributed by atoms with van der Waals surface area (Å²) < 4.78 is 0. The number of likely N-dealkylation sites (N-methyl/N-ethyl adjacent to an activating group) is 1. The lowest BCUT2D eigenvalue weighted by Gasteiger charge is -2.33. The van der Waals surface area contributed by atoms with E-state index in [1.54, 1.807) is 0 Å². The van der Waals surface area contributed by atoms with Gasteiger partial charge < -0.3 is 10.2 Å². The van der Waals surface area contributed by atoms with E-state index in [9.17, 15) is 0 Å². The minimum absolute atomic E-state index is 0.185. The first kappa shape index (κ1) is 10.7. The predicted octanol–water partition coefficient (Wildman–Crippen LogP) is 1.83. The van der Waals surface area contributed by atoms with E-state index in [2.05, 4.69) is 54.6 Å². The number of benzene rings is 1. The van der Waals surface area contributed by atoms with Gasteiger partial charge in [0.15, 0.2) is 0 Å². The van der Waals surface area contributed by atoms with Crippen molar-refractivity contribution < 1.29 is 0 Å². The summed E-state index contributed by atoms with van der Waals surface area (Å²) in [7, 11) is 4.29. The van der Waals surface area contributed by atoms with E-state index in [0.717, 1.165) is 13.1 Å². The average molecular weight is 204 g/mol. The molecule has 0 aliphatic carbocycles. The van der Waals surface area contributed by atoms with Gasteiger partial charge in [0.25, 0.3) is 0 Å². The molecule has 0 saturated carbocycles. The van der Waals surface area contributed by atoms with E-state index < -0.39 is 0 Å². The molecule has 0 bridgehead atoms. The van der Waals surface area contributed by atoms with Crippen LogP contribution in [0.1, 0.15) is 18.4 Å². The van der Waals surface area contributed by atoms with Crippen molar-refractivity contribution in [3.05, 3.63) is 35.9 Å². The van der Waals surface area contributed by atoms with E-state index in [1.807, 2.05) is 0 Å². The molecule has 1 aromatic rings. The second-order valence-corrected chi connectivity index (χ2v) is 4.72. The van der Waals surface area contributed by atoms with Crippen molar-refractivity contribution in [2.75, 3.05) is 27.2 Å². The highest BCUT2D eigenvalue weighted by Gasteiger charge is 2.35. The number of nitrogens with zero attached hydrogens (tertiary/aromatic N) is 1. The molecular weight excluding hydrogens is 184 g/mol. The molecule has 82 valence electrons. The summed E-state index contributed by atoms with van der Waals surface area (Å²) >= 11 is 0. The van der Waals surface area contributed by atoms with Gasteiger partial charge in [-0.05, 0) is 39.0 Å². The Morgan fingerprint density at radius 2 is 2.00 bits per heavy atom. The van der Waals surface area contributed by atoms with E-state index in [-0.39, 0.29) is 5.54 Å². The molecule has 15 heavy (non-hydrogen) atoms. The van der Waals surface area contributed by atoms with Crippen LogP contribution in [0.15, 0.2) is 30.3 Å². The number of hydrogen-bond acceptors (Lipinski definition) is 2. The van der Waals surface area contributed by atoms with E-state index in [4.69, 9.17) is 0 Å². The van der Waals surface area contributed by atoms with Gasteiger partial charge in [0.1, 0.15) is 0 Å². The molecule has 1 fully saturated rings. The molecular formula is C13H20N2. The zero-order valence-electron chi connectivity index (χ0n) is 9.66. The Labute approximate surface area is 92.3 Å². The monoisotopic (exact) mass is 204 g/mol. The summed E-state index contributed by atoms with van der Waals surface area (Å²) in [4.78, 5) is 2.27. The Balaban J connectivity index is 2.26. The molecule has 2 rings (SSSR count). The topological polar surface area (TPSA) is 15.3 Å². The van der Waals surface area contributed by atoms with Gasteiger partial charge >= 0.3 is 0 Å². The lowest BCUT2D eigenvalue weighted by Crippen LogP contribution is -2.45. The second-order valence-electron chi connectivity index (χ2n) is 4.72. The van der Waals surface area contributed by atoms with Crippen LogP contribution in [0.25, 0.3) is 0 Å². The van der Waals surface area contributed by atoms with Crippen LogP contribution < -0.4 is 5.32 Å². The Kier molecular flexibility index (Phi) is 3.08. The molecule has 2 nitrogen and oxygen atoms in total. The van der Waals surface area contributed by atoms with E-state index in [0.29, 0.717) is 0 Å². The van der Waals surface area contributed by atoms with Crippen molar-refractivity contribution in [2.24, 2.45) is 0 Å². The summed E-state index contributed by atoms with van der Waals surface area (Å²) in [5.41, 5.74) is 1.61. The normalized spacial score (nSPS) is 26.1. The highest BCUT2D eigenvalue weighted by atomic mass is 15.1. The average Bonchev–Trinajstić information content (AvgIpc) is 2.68. The third-order valence-corrected chi connectivity index (χ3v) is 3.16. The fourth-order valence-electron chi connectivity index (χ4n) is 2.58. The lowest BCUT2D eigenvalue weighted by atomic mass is 9.88. The first-order chi connectivity index (χ1) is 7.23. The molecule has 1 unspecified atom stereocenters. The van der Waals surface area contributed by atoms with Crippen molar-refractivity contribution in [1.29, 1.82) is 0 Å². The molecule has 0 aromatic heterocycles. The summed E-state index contributed by atoms with van der Waals surface area (Å²) in [6.45, 7) is 2.22. The minimum atomic E-state index is 0.185. The van der Waals surface area contributed by atoms with Gasteiger partial charge in [-0.3, -0.25) is 0 Å². The molecule has 0 amide bonds. The van der Waals surface area contributed by atoms with Crippen molar-refractivity contribution in [3.63, 3.8) is 0 Å². The molecule has 1 atom stereocenters. The maximum absolute atomic E-state index is 3.68. The molecule has 2 heteroatoms. The maximum Gasteiger partial charge on any atom is 0.0563 e. The number of rotatable bonds is 3. The molecule has 1 heterocycles. The third-order valence-electron chi connectivity index (χ3n) is 3.16. The van der Waals surface area contributed by atoms with Gasteiger partial charge in [-0.15, -0.1) is 0 Å². The van der Waals surface area contributed by atoms with Gasteiger partial charge in [0, 0.05) is 6.54 Å². The van der Waals surface area contributed by atoms with E-state index >= 15 is 0 Å². The van der Waals surface area contributed by atoms with Gasteiger partial charge in [-0.2, -0.15) is 0 Å². The fourth-order valence-corrected chi connectivity index (χ4v) is 2.58. The zero-order chi connectivity index (χ0) is 10.7. The standard InChI is InChI=1S/C13H20N2/c1-15(2)11-13(9-6-10-14-13)12-7-4-3-5-8-12/h3-5,7-8,14H,6,9-11H2,1-2H3. The van der Waals surface area contributed by atoms with Gasteiger partial charge in [-0.1, -0.05) is 30.3 Å². The second kappa shape index (κ2) is 4.33. The van der Waals surface area contributed by atoms with Crippen molar-refractivity contribution in [2.45, 2.75) is 18.4 Å². The molecule has 1 aromatic carbocycles. The molecule has 1 saturated heterocycles. The summed E-state index contributed by atoms with van der Waals surface area (Å²) in [6.07, 6.45) is 2.53. The van der Waals surface area contributed by atoms with E-state index in [1.165, 1.54) is 18.4 Å². The first-order valence-corrected chi connectivity index (χ1v) is 5.68. The summed E-state index contributed by atoms with van der Waals surface area (Å²) in [5.74, 6) is 0. The largest absolute Gasteiger partial charge is 0.307 e. The van der Waals surface area contributed by atoms with Crippen LogP contribution in [0.2, 0.25) is 0 Å². The van der Waals surface area contributed by atoms with Crippen molar-refractivity contribution in [1.82, 2.24) is 10.2 Å². The maximum atomic E-state index is 3.68. The number of nitrogens with one attached hydrogen (secondary N) is 1. The van der Waals surface area contributed by atoms with Crippen LogP contribution >= 0.6 is 0 Å². The molecule has 0 radical (unpaired) electrons. The van der Waals surface area contributed by atoms with Crippen LogP contribution in [0.3, 0.4) is 0 Å². The van der Waals surface area contributed by atoms with Gasteiger partial charge in [0.05, 0.1) is 5.54 Å². The molecule has 1 N–H and O–H groups in total. The smallest absolute Gasteiger partial charge is 0.0563 e. The highest BCUT2D eigenvalue weighted by molar-refractivity contribution is 5.26. The Hall–Kier alpha value is -0.860. The Morgan fingerprint density at radius 1 is 1.27 bits per heavy atom. The zero-order valence-corrected chi connectivity index (χ0v) is 9.66. The fraction of sp³-hybridized carbons (Fsp3) is 0.538. The van der Waals surface area contributed by atoms with Crippen LogP contribution in [-0.2, 0) is 5.54 Å². The van der Waals surface area contributed by atoms with Crippen molar-refractivity contribution >= 4 is 0 Å². The summed E-state index contributed by atoms with van der Waals surface area (Å²) in [6, 6.07) is 10.8. The third kappa shape index (κ3) is 2.21. The minimum Gasteiger partial charge on any atom is -0.307 e. The molecule has 0 spiro atoms.